The molecule has 48 heavy (non-hydrogen) atoms. The van der Waals surface area contributed by atoms with Crippen molar-refractivity contribution in [3.05, 3.63) is 88.0 Å². The standard InChI is InChI=1S/C23H34SSi.C21H38SSi/c1-5-7-14-25(15-8-6-2,22-12-10-9-11-13-22)18-21-16-19(3)23(24)20(4)17-21;1-15-12-17(13-16(2)18(15)22)14-23(19(3,4)5,20(6,7)8)21(9,10)11/h9-13,16-17,24H,5-8,14-15,18H2,1-4H3;12-13,22H,14H2,1-11H3. The van der Waals surface area contributed by atoms with Gasteiger partial charge in [0.25, 0.3) is 0 Å². The van der Waals surface area contributed by atoms with Gasteiger partial charge in [0.15, 0.2) is 0 Å². The van der Waals surface area contributed by atoms with Crippen LogP contribution in [0.1, 0.15) is 135 Å². The Labute approximate surface area is 311 Å². The Morgan fingerprint density at radius 2 is 0.854 bits per heavy atom. The van der Waals surface area contributed by atoms with Crippen molar-refractivity contribution >= 4 is 46.6 Å². The highest BCUT2D eigenvalue weighted by Crippen LogP contribution is 2.63. The molecule has 0 aliphatic carbocycles. The van der Waals surface area contributed by atoms with Crippen LogP contribution in [0.4, 0.5) is 0 Å². The monoisotopic (exact) mass is 720 g/mol. The zero-order chi connectivity index (χ0) is 36.7. The van der Waals surface area contributed by atoms with Crippen molar-refractivity contribution in [3.63, 3.8) is 0 Å². The van der Waals surface area contributed by atoms with E-state index in [1.807, 2.05) is 0 Å². The Morgan fingerprint density at radius 3 is 1.17 bits per heavy atom. The number of unbranched alkanes of at least 4 members (excludes halogenated alkanes) is 2. The van der Waals surface area contributed by atoms with Crippen LogP contribution in [0.25, 0.3) is 0 Å². The quantitative estimate of drug-likeness (QED) is 0.143. The van der Waals surface area contributed by atoms with Crippen molar-refractivity contribution in [1.29, 1.82) is 0 Å². The molecule has 0 saturated heterocycles. The van der Waals surface area contributed by atoms with Gasteiger partial charge >= 0.3 is 0 Å². The van der Waals surface area contributed by atoms with Gasteiger partial charge in [0.05, 0.1) is 16.1 Å². The summed E-state index contributed by atoms with van der Waals surface area (Å²) in [5.74, 6) is 0. The molecule has 0 amide bonds. The van der Waals surface area contributed by atoms with Crippen molar-refractivity contribution < 1.29 is 0 Å². The Kier molecular flexibility index (Phi) is 15.5. The molecule has 3 rings (SSSR count). The molecule has 0 atom stereocenters. The summed E-state index contributed by atoms with van der Waals surface area (Å²) in [4.78, 5) is 2.29. The fourth-order valence-corrected chi connectivity index (χ4v) is 24.4. The molecule has 4 heteroatoms. The maximum atomic E-state index is 4.66. The maximum absolute atomic E-state index is 4.66. The Bertz CT molecular complexity index is 1360. The first kappa shape index (κ1) is 43.0. The molecule has 0 aromatic heterocycles. The van der Waals surface area contributed by atoms with Crippen LogP contribution in [0, 0.1) is 27.7 Å². The van der Waals surface area contributed by atoms with Crippen molar-refractivity contribution in [2.45, 2.75) is 179 Å². The van der Waals surface area contributed by atoms with Crippen LogP contribution in [0.15, 0.2) is 64.4 Å². The fourth-order valence-electron chi connectivity index (χ4n) is 9.68. The van der Waals surface area contributed by atoms with Crippen molar-refractivity contribution in [2.75, 3.05) is 0 Å². The molecule has 0 saturated carbocycles. The zero-order valence-electron chi connectivity index (χ0n) is 33.7. The summed E-state index contributed by atoms with van der Waals surface area (Å²) in [5.41, 5.74) is 8.28. The maximum Gasteiger partial charge on any atom is 0.0910 e. The van der Waals surface area contributed by atoms with Crippen LogP contribution in [0.2, 0.25) is 27.2 Å². The third kappa shape index (κ3) is 10.2. The molecular weight excluding hydrogens is 649 g/mol. The summed E-state index contributed by atoms with van der Waals surface area (Å²) in [5, 5.41) is 2.67. The number of rotatable bonds is 11. The minimum Gasteiger partial charge on any atom is -0.143 e. The van der Waals surface area contributed by atoms with Crippen LogP contribution >= 0.6 is 25.3 Å². The zero-order valence-corrected chi connectivity index (χ0v) is 37.5. The van der Waals surface area contributed by atoms with Crippen LogP contribution < -0.4 is 5.19 Å². The molecular formula is C44H72S2Si2. The molecule has 0 fully saturated rings. The molecule has 268 valence electrons. The average Bonchev–Trinajstić information content (AvgIpc) is 2.97. The first-order valence-corrected chi connectivity index (χ1v) is 24.4. The topological polar surface area (TPSA) is 0 Å². The van der Waals surface area contributed by atoms with Crippen LogP contribution in [0.3, 0.4) is 0 Å². The smallest absolute Gasteiger partial charge is 0.0910 e. The van der Waals surface area contributed by atoms with E-state index in [2.05, 4.69) is 184 Å². The Morgan fingerprint density at radius 1 is 0.521 bits per heavy atom. The van der Waals surface area contributed by atoms with Gasteiger partial charge in [-0.25, -0.2) is 0 Å². The first-order valence-electron chi connectivity index (χ1n) is 18.7. The summed E-state index contributed by atoms with van der Waals surface area (Å²) < 4.78 is 0. The minimum atomic E-state index is -1.73. The molecule has 0 unspecified atom stereocenters. The SMILES string of the molecule is CCCC[Si](CCCC)(Cc1cc(C)c(S)c(C)c1)c1ccccc1.Cc1cc(C[Si](C(C)(C)C)(C(C)(C)C)C(C)(C)C)cc(C)c1S. The van der Waals surface area contributed by atoms with Crippen LogP contribution in [0.5, 0.6) is 0 Å². The third-order valence-corrected chi connectivity index (χ3v) is 26.7. The van der Waals surface area contributed by atoms with E-state index in [0.717, 1.165) is 9.79 Å². The number of hydrogen-bond acceptors (Lipinski definition) is 2. The largest absolute Gasteiger partial charge is 0.143 e. The van der Waals surface area contributed by atoms with Crippen LogP contribution in [-0.2, 0) is 12.1 Å². The van der Waals surface area contributed by atoms with E-state index in [1.54, 1.807) is 5.19 Å². The molecule has 3 aromatic carbocycles. The molecule has 3 aromatic rings. The predicted octanol–water partition coefficient (Wildman–Crippen LogP) is 14.2. The molecule has 0 heterocycles. The minimum absolute atomic E-state index is 0.338. The Hall–Kier alpha value is -1.21. The number of hydrogen-bond donors (Lipinski definition) is 2. The fraction of sp³-hybridized carbons (Fsp3) is 0.591. The molecule has 0 aliphatic heterocycles. The van der Waals surface area contributed by atoms with Crippen molar-refractivity contribution in [3.8, 4) is 0 Å². The van der Waals surface area contributed by atoms with Gasteiger partial charge in [-0.3, -0.25) is 0 Å². The number of aryl methyl sites for hydroxylation is 4. The van der Waals surface area contributed by atoms with E-state index >= 15 is 0 Å². The summed E-state index contributed by atoms with van der Waals surface area (Å²) in [6, 6.07) is 26.3. The molecule has 0 aliphatic rings. The van der Waals surface area contributed by atoms with E-state index in [4.69, 9.17) is 0 Å². The summed E-state index contributed by atoms with van der Waals surface area (Å²) in [6.07, 6.45) is 5.30. The molecule has 0 bridgehead atoms. The van der Waals surface area contributed by atoms with E-state index in [-0.39, 0.29) is 0 Å². The van der Waals surface area contributed by atoms with Gasteiger partial charge in [0.1, 0.15) is 0 Å². The van der Waals surface area contributed by atoms with Gasteiger partial charge in [0.2, 0.25) is 0 Å². The third-order valence-electron chi connectivity index (χ3n) is 11.4. The number of thiol groups is 2. The second-order valence-electron chi connectivity index (χ2n) is 18.0. The van der Waals surface area contributed by atoms with Gasteiger partial charge in [0, 0.05) is 9.79 Å². The predicted molar refractivity (Wildman–Crippen MR) is 230 cm³/mol. The van der Waals surface area contributed by atoms with E-state index < -0.39 is 16.1 Å². The second kappa shape index (κ2) is 17.3. The van der Waals surface area contributed by atoms with Gasteiger partial charge in [-0.05, 0) is 88.3 Å². The van der Waals surface area contributed by atoms with Gasteiger partial charge in [-0.2, -0.15) is 0 Å². The summed E-state index contributed by atoms with van der Waals surface area (Å²) in [6.45, 7) is 35.7. The lowest BCUT2D eigenvalue weighted by atomic mass is 10.1. The van der Waals surface area contributed by atoms with Gasteiger partial charge < -0.3 is 0 Å². The summed E-state index contributed by atoms with van der Waals surface area (Å²) in [7, 11) is -3.27. The second-order valence-corrected chi connectivity index (χ2v) is 30.1. The highest BCUT2D eigenvalue weighted by atomic mass is 32.1. The van der Waals surface area contributed by atoms with Crippen molar-refractivity contribution in [2.24, 2.45) is 0 Å². The lowest BCUT2D eigenvalue weighted by Gasteiger charge is -2.60. The highest BCUT2D eigenvalue weighted by Gasteiger charge is 2.59. The van der Waals surface area contributed by atoms with E-state index in [1.165, 1.54) is 83.2 Å². The average molecular weight is 721 g/mol. The first-order chi connectivity index (χ1) is 22.1. The van der Waals surface area contributed by atoms with Gasteiger partial charge in [-0.15, -0.1) is 25.3 Å². The molecule has 0 N–H and O–H groups in total. The number of benzene rings is 3. The van der Waals surface area contributed by atoms with Crippen molar-refractivity contribution in [1.82, 2.24) is 0 Å². The van der Waals surface area contributed by atoms with Gasteiger partial charge in [-0.1, -0.05) is 174 Å². The van der Waals surface area contributed by atoms with E-state index in [0.29, 0.717) is 15.1 Å². The summed E-state index contributed by atoms with van der Waals surface area (Å²) >= 11 is 9.32. The lowest BCUT2D eigenvalue weighted by Crippen LogP contribution is -2.60. The molecule has 0 nitrogen and oxygen atoms in total. The molecule has 0 radical (unpaired) electrons. The molecule has 0 spiro atoms. The lowest BCUT2D eigenvalue weighted by molar-refractivity contribution is 0.525. The van der Waals surface area contributed by atoms with Crippen LogP contribution in [-0.4, -0.2) is 16.1 Å². The van der Waals surface area contributed by atoms with E-state index in [9.17, 15) is 0 Å². The Balaban J connectivity index is 0.000000335. The normalized spacial score (nSPS) is 12.9. The highest BCUT2D eigenvalue weighted by molar-refractivity contribution is 7.80.